The summed E-state index contributed by atoms with van der Waals surface area (Å²) in [4.78, 5) is 14.2. The van der Waals surface area contributed by atoms with Crippen molar-refractivity contribution < 1.29 is 4.79 Å². The summed E-state index contributed by atoms with van der Waals surface area (Å²) in [6.07, 6.45) is 11.6. The van der Waals surface area contributed by atoms with Gasteiger partial charge in [-0.1, -0.05) is 42.0 Å². The molecule has 2 aliphatic carbocycles. The Hall–Kier alpha value is -1.65. The zero-order valence-electron chi connectivity index (χ0n) is 17.9. The van der Waals surface area contributed by atoms with Crippen LogP contribution in [0.3, 0.4) is 0 Å². The zero-order valence-corrected chi connectivity index (χ0v) is 17.9. The van der Waals surface area contributed by atoms with Crippen LogP contribution in [0.1, 0.15) is 63.9 Å². The van der Waals surface area contributed by atoms with Crippen molar-refractivity contribution in [3.8, 4) is 0 Å². The maximum Gasteiger partial charge on any atom is 0.223 e. The Kier molecular flexibility index (Phi) is 7.04. The van der Waals surface area contributed by atoms with Crippen LogP contribution < -0.4 is 10.6 Å². The van der Waals surface area contributed by atoms with E-state index in [1.165, 1.54) is 56.1 Å². The second-order valence-electron chi connectivity index (χ2n) is 9.25. The number of nitrogens with zero attached hydrogens (tertiary/aromatic N) is 1. The maximum absolute atomic E-state index is 12.1. The summed E-state index contributed by atoms with van der Waals surface area (Å²) in [6.45, 7) is 5.06. The minimum absolute atomic E-state index is 0.337. The van der Waals surface area contributed by atoms with Crippen LogP contribution in [0.5, 0.6) is 0 Å². The van der Waals surface area contributed by atoms with E-state index in [2.05, 4.69) is 54.0 Å². The summed E-state index contributed by atoms with van der Waals surface area (Å²) in [5.74, 6) is 1.05. The molecule has 1 heterocycles. The Labute approximate surface area is 176 Å². The number of amides is 1. The molecule has 1 unspecified atom stereocenters. The van der Waals surface area contributed by atoms with Crippen molar-refractivity contribution in [3.05, 3.63) is 41.5 Å². The zero-order chi connectivity index (χ0) is 20.1. The lowest BCUT2D eigenvalue weighted by Crippen LogP contribution is -2.42. The number of likely N-dealkylation sites (tertiary alicyclic amines) is 1. The van der Waals surface area contributed by atoms with Crippen molar-refractivity contribution in [3.63, 3.8) is 0 Å². The largest absolute Gasteiger partial charge is 0.343 e. The molecule has 0 spiro atoms. The van der Waals surface area contributed by atoms with Crippen LogP contribution in [-0.2, 0) is 4.79 Å². The highest BCUT2D eigenvalue weighted by atomic mass is 16.2. The van der Waals surface area contributed by atoms with Gasteiger partial charge < -0.3 is 15.5 Å². The fourth-order valence-electron chi connectivity index (χ4n) is 5.08. The fraction of sp³-hybridized carbons (Fsp3) is 0.640. The molecule has 2 atom stereocenters. The Bertz CT molecular complexity index is 687. The van der Waals surface area contributed by atoms with Crippen LogP contribution in [-0.4, -0.2) is 48.6 Å². The molecule has 0 aromatic heterocycles. The number of carbonyl (C=O) groups excluding carboxylic acids is 1. The van der Waals surface area contributed by atoms with Crippen LogP contribution in [0, 0.1) is 5.92 Å². The summed E-state index contributed by atoms with van der Waals surface area (Å²) in [5.41, 5.74) is 2.82. The van der Waals surface area contributed by atoms with Gasteiger partial charge in [0.05, 0.1) is 0 Å². The first-order chi connectivity index (χ1) is 14.2. The molecular formula is C25H37N3O. The van der Waals surface area contributed by atoms with Gasteiger partial charge in [0.15, 0.2) is 0 Å². The molecule has 158 valence electrons. The van der Waals surface area contributed by atoms with Gasteiger partial charge >= 0.3 is 0 Å². The third-order valence-corrected chi connectivity index (χ3v) is 6.98. The maximum atomic E-state index is 12.1. The quantitative estimate of drug-likeness (QED) is 0.700. The molecule has 1 amide bonds. The van der Waals surface area contributed by atoms with E-state index in [9.17, 15) is 4.79 Å². The second kappa shape index (κ2) is 9.90. The van der Waals surface area contributed by atoms with Crippen LogP contribution in [0.2, 0.25) is 0 Å². The van der Waals surface area contributed by atoms with E-state index in [0.717, 1.165) is 19.6 Å². The standard InChI is InChI=1S/C25H37N3O/c1-19(17-20-7-3-2-4-8-20)23-18-24(23)27-22-11-9-21(10-12-22)26-14-13-25(29)28-15-5-6-16-28/h2-4,7-8,17,21-24,26-27H,5-6,9-16,18H2,1H3/t21?,22?,23?,24-/m0/s1. The molecule has 2 N–H and O–H groups in total. The molecule has 29 heavy (non-hydrogen) atoms. The summed E-state index contributed by atoms with van der Waals surface area (Å²) >= 11 is 0. The highest BCUT2D eigenvalue weighted by molar-refractivity contribution is 5.76. The monoisotopic (exact) mass is 395 g/mol. The average molecular weight is 396 g/mol. The first-order valence-electron chi connectivity index (χ1n) is 11.7. The lowest BCUT2D eigenvalue weighted by molar-refractivity contribution is -0.130. The van der Waals surface area contributed by atoms with E-state index in [1.54, 1.807) is 0 Å². The number of hydrogen-bond donors (Lipinski definition) is 2. The molecule has 2 saturated carbocycles. The molecule has 0 bridgehead atoms. The van der Waals surface area contributed by atoms with Gasteiger partial charge in [-0.2, -0.15) is 0 Å². The minimum atomic E-state index is 0.337. The molecule has 4 rings (SSSR count). The van der Waals surface area contributed by atoms with Crippen molar-refractivity contribution in [1.29, 1.82) is 0 Å². The summed E-state index contributed by atoms with van der Waals surface area (Å²) in [5, 5.41) is 7.55. The molecule has 1 saturated heterocycles. The first-order valence-corrected chi connectivity index (χ1v) is 11.7. The van der Waals surface area contributed by atoms with Gasteiger partial charge in [-0.3, -0.25) is 4.79 Å². The normalized spacial score (nSPS) is 29.8. The van der Waals surface area contributed by atoms with Gasteiger partial charge in [-0.25, -0.2) is 0 Å². The predicted octanol–water partition coefficient (Wildman–Crippen LogP) is 3.98. The topological polar surface area (TPSA) is 44.4 Å². The van der Waals surface area contributed by atoms with Gasteiger partial charge in [-0.15, -0.1) is 0 Å². The summed E-state index contributed by atoms with van der Waals surface area (Å²) < 4.78 is 0. The predicted molar refractivity (Wildman–Crippen MR) is 120 cm³/mol. The highest BCUT2D eigenvalue weighted by Crippen LogP contribution is 2.39. The minimum Gasteiger partial charge on any atom is -0.343 e. The number of hydrogen-bond acceptors (Lipinski definition) is 3. The van der Waals surface area contributed by atoms with Crippen LogP contribution >= 0.6 is 0 Å². The molecule has 0 radical (unpaired) electrons. The average Bonchev–Trinajstić information content (AvgIpc) is 3.28. The summed E-state index contributed by atoms with van der Waals surface area (Å²) in [7, 11) is 0. The Morgan fingerprint density at radius 1 is 1.07 bits per heavy atom. The Balaban J connectivity index is 1.11. The molecule has 3 aliphatic rings. The Morgan fingerprint density at radius 2 is 1.76 bits per heavy atom. The van der Waals surface area contributed by atoms with E-state index < -0.39 is 0 Å². The molecule has 1 aromatic rings. The van der Waals surface area contributed by atoms with Crippen LogP contribution in [0.15, 0.2) is 35.9 Å². The van der Waals surface area contributed by atoms with E-state index in [1.807, 2.05) is 4.90 Å². The molecule has 4 heteroatoms. The molecule has 1 aromatic carbocycles. The third-order valence-electron chi connectivity index (χ3n) is 6.98. The second-order valence-corrected chi connectivity index (χ2v) is 9.25. The van der Waals surface area contributed by atoms with E-state index in [4.69, 9.17) is 0 Å². The van der Waals surface area contributed by atoms with E-state index in [0.29, 0.717) is 36.4 Å². The van der Waals surface area contributed by atoms with Gasteiger partial charge in [0.25, 0.3) is 0 Å². The van der Waals surface area contributed by atoms with Crippen molar-refractivity contribution in [2.75, 3.05) is 19.6 Å². The van der Waals surface area contributed by atoms with Crippen LogP contribution in [0.4, 0.5) is 0 Å². The SMILES string of the molecule is CC(=Cc1ccccc1)C1C[C@@H]1NC1CCC(NCCC(=O)N2CCCC2)CC1. The van der Waals surface area contributed by atoms with E-state index in [-0.39, 0.29) is 0 Å². The number of carbonyl (C=O) groups is 1. The lowest BCUT2D eigenvalue weighted by atomic mass is 9.91. The molecule has 1 aliphatic heterocycles. The smallest absolute Gasteiger partial charge is 0.223 e. The van der Waals surface area contributed by atoms with Crippen molar-refractivity contribution in [2.45, 2.75) is 76.4 Å². The van der Waals surface area contributed by atoms with Crippen molar-refractivity contribution in [1.82, 2.24) is 15.5 Å². The van der Waals surface area contributed by atoms with Crippen molar-refractivity contribution in [2.24, 2.45) is 5.92 Å². The van der Waals surface area contributed by atoms with Gasteiger partial charge in [0.1, 0.15) is 0 Å². The van der Waals surface area contributed by atoms with Gasteiger partial charge in [0, 0.05) is 44.2 Å². The van der Waals surface area contributed by atoms with Crippen molar-refractivity contribution >= 4 is 12.0 Å². The number of nitrogens with one attached hydrogen (secondary N) is 2. The first kappa shape index (κ1) is 20.6. The fourth-order valence-corrected chi connectivity index (χ4v) is 5.08. The lowest BCUT2D eigenvalue weighted by Gasteiger charge is -2.30. The molecule has 4 nitrogen and oxygen atoms in total. The third kappa shape index (κ3) is 5.93. The van der Waals surface area contributed by atoms with Gasteiger partial charge in [0.2, 0.25) is 5.91 Å². The highest BCUT2D eigenvalue weighted by Gasteiger charge is 2.39. The van der Waals surface area contributed by atoms with Gasteiger partial charge in [-0.05, 0) is 63.4 Å². The van der Waals surface area contributed by atoms with E-state index >= 15 is 0 Å². The Morgan fingerprint density at radius 3 is 2.48 bits per heavy atom. The molecule has 3 fully saturated rings. The summed E-state index contributed by atoms with van der Waals surface area (Å²) in [6, 6.07) is 12.6. The number of benzene rings is 1. The van der Waals surface area contributed by atoms with Crippen LogP contribution in [0.25, 0.3) is 6.08 Å². The molecular weight excluding hydrogens is 358 g/mol. The number of rotatable bonds is 8.